The minimum Gasteiger partial charge on any atom is -0.466 e. The molecule has 0 radical (unpaired) electrons. The van der Waals surface area contributed by atoms with E-state index in [0.29, 0.717) is 18.5 Å². The van der Waals surface area contributed by atoms with Crippen LogP contribution in [0.2, 0.25) is 0 Å². The first-order valence-electron chi connectivity index (χ1n) is 9.27. The van der Waals surface area contributed by atoms with Crippen molar-refractivity contribution < 1.29 is 19.7 Å². The highest BCUT2D eigenvalue weighted by atomic mass is 16.5. The fourth-order valence-electron chi connectivity index (χ4n) is 5.95. The maximum atomic E-state index is 12.8. The summed E-state index contributed by atoms with van der Waals surface area (Å²) >= 11 is 0. The van der Waals surface area contributed by atoms with Crippen LogP contribution >= 0.6 is 0 Å². The number of methoxy groups -OCH3 is 1. The van der Waals surface area contributed by atoms with E-state index in [-0.39, 0.29) is 11.5 Å². The molecule has 1 aromatic carbocycles. The van der Waals surface area contributed by atoms with Crippen LogP contribution in [0.5, 0.6) is 0 Å². The van der Waals surface area contributed by atoms with Crippen LogP contribution in [0.3, 0.4) is 0 Å². The van der Waals surface area contributed by atoms with Gasteiger partial charge in [0.2, 0.25) is 0 Å². The number of fused-ring (bicyclic) bond motifs is 2. The monoisotopic (exact) mass is 356 g/mol. The van der Waals surface area contributed by atoms with Crippen LogP contribution in [-0.4, -0.2) is 59.0 Å². The van der Waals surface area contributed by atoms with Gasteiger partial charge in [-0.15, -0.1) is 0 Å². The van der Waals surface area contributed by atoms with Gasteiger partial charge in [0.25, 0.3) is 0 Å². The van der Waals surface area contributed by atoms with Gasteiger partial charge in [-0.05, 0) is 37.9 Å². The van der Waals surface area contributed by atoms with Crippen molar-refractivity contribution >= 4 is 11.7 Å². The summed E-state index contributed by atoms with van der Waals surface area (Å²) in [4.78, 5) is 15.1. The minimum atomic E-state index is -1.36. The highest BCUT2D eigenvalue weighted by Crippen LogP contribution is 2.62. The topological polar surface area (TPSA) is 82.0 Å². The van der Waals surface area contributed by atoms with Gasteiger partial charge < -0.3 is 20.3 Å². The lowest BCUT2D eigenvalue weighted by Gasteiger charge is -2.54. The molecule has 2 fully saturated rings. The van der Waals surface area contributed by atoms with Gasteiger partial charge in [0.05, 0.1) is 24.2 Å². The van der Waals surface area contributed by atoms with Gasteiger partial charge in [-0.25, -0.2) is 4.79 Å². The average Bonchev–Trinajstić information content (AvgIpc) is 3.18. The second kappa shape index (κ2) is 5.09. The van der Waals surface area contributed by atoms with E-state index in [0.717, 1.165) is 24.4 Å². The van der Waals surface area contributed by atoms with E-state index in [1.54, 1.807) is 6.92 Å². The lowest BCUT2D eigenvalue weighted by molar-refractivity contribution is -0.157. The Morgan fingerprint density at radius 2 is 2.19 bits per heavy atom. The van der Waals surface area contributed by atoms with Crippen molar-refractivity contribution in [2.75, 3.05) is 25.5 Å². The van der Waals surface area contributed by atoms with Crippen molar-refractivity contribution in [2.45, 2.75) is 42.9 Å². The molecule has 1 aliphatic carbocycles. The van der Waals surface area contributed by atoms with E-state index < -0.39 is 23.6 Å². The van der Waals surface area contributed by atoms with Gasteiger partial charge in [0, 0.05) is 29.9 Å². The number of ether oxygens (including phenoxy) is 1. The van der Waals surface area contributed by atoms with Gasteiger partial charge in [0.1, 0.15) is 5.60 Å². The van der Waals surface area contributed by atoms with Crippen molar-refractivity contribution in [3.05, 3.63) is 41.1 Å². The Balaban J connectivity index is 1.80. The maximum Gasteiger partial charge on any atom is 0.335 e. The predicted octanol–water partition coefficient (Wildman–Crippen LogP) is 0.997. The SMILES string of the molecule is COC(=O)C1=C2Nc3ccccc3C23CCN2CC(O)(C(C)O)C1CC23. The molecule has 0 amide bonds. The second-order valence-corrected chi connectivity index (χ2v) is 8.11. The number of nitrogens with one attached hydrogen (secondary N) is 1. The molecule has 0 saturated carbocycles. The molecule has 3 aliphatic heterocycles. The van der Waals surface area contributed by atoms with Crippen LogP contribution in [-0.2, 0) is 14.9 Å². The standard InChI is InChI=1S/C20H24N2O4/c1-11(23)20(25)10-22-8-7-19-12-5-3-4-6-14(12)21-17(19)16(18(24)26-2)13(20)9-15(19)22/h3-6,11,13,15,21,23,25H,7-10H2,1-2H3. The number of nitrogens with zero attached hydrogens (tertiary/aromatic N) is 1. The maximum absolute atomic E-state index is 12.8. The largest absolute Gasteiger partial charge is 0.466 e. The molecule has 3 N–H and O–H groups in total. The van der Waals surface area contributed by atoms with Crippen LogP contribution in [0, 0.1) is 5.92 Å². The lowest BCUT2D eigenvalue weighted by atomic mass is 9.58. The molecule has 3 heterocycles. The number of piperidine rings is 1. The van der Waals surface area contributed by atoms with Gasteiger partial charge in [-0.2, -0.15) is 0 Å². The molecule has 5 atom stereocenters. The van der Waals surface area contributed by atoms with Crippen molar-refractivity contribution in [1.29, 1.82) is 0 Å². The summed E-state index contributed by atoms with van der Waals surface area (Å²) in [6, 6.07) is 8.43. The summed E-state index contributed by atoms with van der Waals surface area (Å²) in [6.45, 7) is 2.81. The molecule has 2 bridgehead atoms. The van der Waals surface area contributed by atoms with Crippen molar-refractivity contribution in [3.63, 3.8) is 0 Å². The van der Waals surface area contributed by atoms with Crippen molar-refractivity contribution in [1.82, 2.24) is 4.90 Å². The highest BCUT2D eigenvalue weighted by molar-refractivity contribution is 5.94. The zero-order valence-electron chi connectivity index (χ0n) is 15.0. The summed E-state index contributed by atoms with van der Waals surface area (Å²) in [5.74, 6) is -0.859. The van der Waals surface area contributed by atoms with Gasteiger partial charge in [0.15, 0.2) is 0 Å². The Morgan fingerprint density at radius 3 is 2.92 bits per heavy atom. The van der Waals surface area contributed by atoms with Crippen LogP contribution in [0.1, 0.15) is 25.3 Å². The molecule has 2 saturated heterocycles. The molecule has 1 spiro atoms. The van der Waals surface area contributed by atoms with Gasteiger partial charge >= 0.3 is 5.97 Å². The third-order valence-corrected chi connectivity index (χ3v) is 7.18. The van der Waals surface area contributed by atoms with E-state index in [2.05, 4.69) is 16.3 Å². The first-order valence-corrected chi connectivity index (χ1v) is 9.27. The first-order chi connectivity index (χ1) is 12.4. The predicted molar refractivity (Wildman–Crippen MR) is 95.5 cm³/mol. The number of esters is 1. The van der Waals surface area contributed by atoms with E-state index in [9.17, 15) is 15.0 Å². The van der Waals surface area contributed by atoms with Crippen molar-refractivity contribution in [2.24, 2.45) is 5.92 Å². The van der Waals surface area contributed by atoms with Crippen LogP contribution in [0.4, 0.5) is 5.69 Å². The Labute approximate surface area is 152 Å². The number of aliphatic hydroxyl groups is 2. The molecule has 138 valence electrons. The zero-order chi connectivity index (χ0) is 18.3. The van der Waals surface area contributed by atoms with Crippen LogP contribution in [0.25, 0.3) is 0 Å². The fraction of sp³-hybridized carbons (Fsp3) is 0.550. The quantitative estimate of drug-likeness (QED) is 0.686. The lowest BCUT2D eigenvalue weighted by Crippen LogP contribution is -2.66. The molecule has 1 aromatic rings. The second-order valence-electron chi connectivity index (χ2n) is 8.11. The molecule has 26 heavy (non-hydrogen) atoms. The molecular formula is C20H24N2O4. The molecule has 5 unspecified atom stereocenters. The summed E-state index contributed by atoms with van der Waals surface area (Å²) in [6.07, 6.45) is 0.594. The van der Waals surface area contributed by atoms with E-state index >= 15 is 0 Å². The summed E-state index contributed by atoms with van der Waals surface area (Å²) in [7, 11) is 1.38. The Kier molecular flexibility index (Phi) is 3.19. The number of hydrogen-bond acceptors (Lipinski definition) is 6. The molecule has 4 aliphatic rings. The number of anilines is 1. The van der Waals surface area contributed by atoms with E-state index in [4.69, 9.17) is 4.74 Å². The molecule has 0 aromatic heterocycles. The van der Waals surface area contributed by atoms with E-state index in [1.165, 1.54) is 12.7 Å². The Bertz CT molecular complexity index is 835. The number of carbonyl (C=O) groups is 1. The van der Waals surface area contributed by atoms with Crippen LogP contribution < -0.4 is 5.32 Å². The smallest absolute Gasteiger partial charge is 0.335 e. The molecule has 6 heteroatoms. The third-order valence-electron chi connectivity index (χ3n) is 7.18. The molecule has 5 rings (SSSR count). The fourth-order valence-corrected chi connectivity index (χ4v) is 5.95. The number of hydrogen-bond donors (Lipinski definition) is 3. The van der Waals surface area contributed by atoms with Gasteiger partial charge in [-0.3, -0.25) is 4.90 Å². The minimum absolute atomic E-state index is 0.214. The zero-order valence-corrected chi connectivity index (χ0v) is 15.0. The summed E-state index contributed by atoms with van der Waals surface area (Å²) < 4.78 is 5.12. The number of para-hydroxylation sites is 1. The normalized spacial score (nSPS) is 38.5. The number of aliphatic hydroxyl groups excluding tert-OH is 1. The molecular weight excluding hydrogens is 332 g/mol. The number of rotatable bonds is 2. The van der Waals surface area contributed by atoms with Crippen LogP contribution in [0.15, 0.2) is 35.5 Å². The van der Waals surface area contributed by atoms with E-state index in [1.807, 2.05) is 18.2 Å². The van der Waals surface area contributed by atoms with Gasteiger partial charge in [-0.1, -0.05) is 18.2 Å². The first kappa shape index (κ1) is 16.3. The molecule has 6 nitrogen and oxygen atoms in total. The average molecular weight is 356 g/mol. The summed E-state index contributed by atoms with van der Waals surface area (Å²) in [5, 5.41) is 25.2. The Morgan fingerprint density at radius 1 is 1.42 bits per heavy atom. The third kappa shape index (κ3) is 1.70. The summed E-state index contributed by atoms with van der Waals surface area (Å²) in [5.41, 5.74) is 2.01. The number of benzene rings is 1. The number of carbonyl (C=O) groups excluding carboxylic acids is 1. The Hall–Kier alpha value is -1.89. The highest BCUT2D eigenvalue weighted by Gasteiger charge is 2.66. The van der Waals surface area contributed by atoms with Crippen molar-refractivity contribution in [3.8, 4) is 0 Å².